The maximum atomic E-state index is 15.1. The summed E-state index contributed by atoms with van der Waals surface area (Å²) in [6, 6.07) is 11.8. The van der Waals surface area contributed by atoms with Crippen LogP contribution in [0.5, 0.6) is 11.6 Å². The Morgan fingerprint density at radius 3 is 2.52 bits per heavy atom. The number of aromatic hydroxyl groups is 2. The average Bonchev–Trinajstić information content (AvgIpc) is 3.25. The zero-order chi connectivity index (χ0) is 33.5. The van der Waals surface area contributed by atoms with Gasteiger partial charge in [-0.25, -0.2) is 4.79 Å². The van der Waals surface area contributed by atoms with Crippen LogP contribution in [-0.4, -0.2) is 50.2 Å². The Balaban J connectivity index is 1.49. The number of carbonyl (C=O) groups is 3. The number of fused-ring (bicyclic) bond motifs is 5. The second kappa shape index (κ2) is 9.03. The first-order valence-corrected chi connectivity index (χ1v) is 15.3. The highest BCUT2D eigenvalue weighted by Gasteiger charge is 2.67. The predicted octanol–water partition coefficient (Wildman–Crippen LogP) is 4.20. The number of ketones is 1. The van der Waals surface area contributed by atoms with E-state index in [0.29, 0.717) is 27.7 Å². The lowest BCUT2D eigenvalue weighted by Gasteiger charge is -2.44. The highest BCUT2D eigenvalue weighted by Crippen LogP contribution is 2.61. The molecule has 0 unspecified atom stereocenters. The molecule has 0 saturated heterocycles. The molecule has 0 saturated carbocycles. The zero-order valence-corrected chi connectivity index (χ0v) is 25.7. The van der Waals surface area contributed by atoms with Crippen molar-refractivity contribution < 1.29 is 34.1 Å². The molecule has 1 spiro atoms. The Morgan fingerprint density at radius 2 is 1.75 bits per heavy atom. The van der Waals surface area contributed by atoms with E-state index >= 15 is 4.79 Å². The lowest BCUT2D eigenvalue weighted by Crippen LogP contribution is -2.55. The number of rotatable bonds is 2. The number of aryl methyl sites for hydroxylation is 2. The number of para-hydroxylation sites is 1. The molecule has 1 aliphatic heterocycles. The molecule has 0 amide bonds. The normalized spacial score (nSPS) is 20.6. The molecule has 0 radical (unpaired) electrons. The van der Waals surface area contributed by atoms with Crippen LogP contribution in [0.2, 0.25) is 0 Å². The minimum atomic E-state index is -1.65. The summed E-state index contributed by atoms with van der Waals surface area (Å²) in [6.45, 7) is 4.04. The van der Waals surface area contributed by atoms with Crippen molar-refractivity contribution in [3.63, 3.8) is 0 Å². The van der Waals surface area contributed by atoms with Crippen LogP contribution in [0, 0.1) is 13.8 Å². The number of pyridine rings is 2. The van der Waals surface area contributed by atoms with Gasteiger partial charge in [-0.1, -0.05) is 18.2 Å². The molecule has 3 atom stereocenters. The molecule has 6 aromatic rings. The third-order valence-electron chi connectivity index (χ3n) is 10.3. The summed E-state index contributed by atoms with van der Waals surface area (Å²) in [7, 11) is 0. The van der Waals surface area contributed by atoms with E-state index in [1.165, 1.54) is 36.0 Å². The lowest BCUT2D eigenvalue weighted by atomic mass is 9.63. The van der Waals surface area contributed by atoms with E-state index in [-0.39, 0.29) is 44.0 Å². The molecule has 4 aromatic carbocycles. The Labute approximate surface area is 269 Å². The summed E-state index contributed by atoms with van der Waals surface area (Å²) in [5.74, 6) is -4.16. The fourth-order valence-electron chi connectivity index (χ4n) is 8.56. The number of carbonyl (C=O) groups excluding carboxylic acids is 3. The zero-order valence-electron chi connectivity index (χ0n) is 25.7. The molecular weight excluding hydrogens is 616 g/mol. The van der Waals surface area contributed by atoms with E-state index in [4.69, 9.17) is 9.47 Å². The van der Waals surface area contributed by atoms with Crippen LogP contribution < -0.4 is 10.9 Å². The van der Waals surface area contributed by atoms with Crippen molar-refractivity contribution in [1.29, 1.82) is 0 Å². The SMILES string of the molecule is CC(=O)O[C@H]1[C@@H]2C(=O)c3c(C)cc(O)c4c3[C@@]1(COC4=O)c1c2c2c(C)cc(=O)c3c(O)n(-c4cnc5ccccc5c4)cc(c1=O)c23. The fourth-order valence-corrected chi connectivity index (χ4v) is 8.56. The molecule has 11 nitrogen and oxygen atoms in total. The van der Waals surface area contributed by atoms with Gasteiger partial charge in [0.1, 0.15) is 24.0 Å². The smallest absolute Gasteiger partial charge is 0.342 e. The molecule has 2 bridgehead atoms. The number of benzene rings is 4. The minimum absolute atomic E-state index is 0.0540. The number of phenolic OH excluding ortho intramolecular Hbond substituents is 1. The first-order chi connectivity index (χ1) is 23.0. The van der Waals surface area contributed by atoms with E-state index in [1.54, 1.807) is 19.9 Å². The monoisotopic (exact) mass is 640 g/mol. The molecule has 3 aliphatic rings. The van der Waals surface area contributed by atoms with E-state index < -0.39 is 64.3 Å². The first-order valence-electron chi connectivity index (χ1n) is 15.3. The molecule has 236 valence electrons. The summed E-state index contributed by atoms with van der Waals surface area (Å²) < 4.78 is 12.9. The van der Waals surface area contributed by atoms with Gasteiger partial charge in [0, 0.05) is 40.4 Å². The van der Waals surface area contributed by atoms with Crippen LogP contribution >= 0.6 is 0 Å². The van der Waals surface area contributed by atoms with Gasteiger partial charge in [-0.2, -0.15) is 0 Å². The Hall–Kier alpha value is -6.10. The number of cyclic esters (lactones) is 1. The fraction of sp³-hybridized carbons (Fsp3) is 0.189. The summed E-state index contributed by atoms with van der Waals surface area (Å²) in [5, 5.41) is 24.0. The van der Waals surface area contributed by atoms with E-state index in [1.807, 2.05) is 24.3 Å². The number of Topliss-reactive ketones (excluding diaryl/α,β-unsaturated/α-hetero) is 1. The third kappa shape index (κ3) is 3.17. The quantitative estimate of drug-likeness (QED) is 0.262. The number of nitrogens with zero attached hydrogens (tertiary/aromatic N) is 2. The van der Waals surface area contributed by atoms with Gasteiger partial charge < -0.3 is 19.7 Å². The summed E-state index contributed by atoms with van der Waals surface area (Å²) in [5.41, 5.74) is -0.593. The van der Waals surface area contributed by atoms with Crippen LogP contribution in [0.15, 0.2) is 64.4 Å². The van der Waals surface area contributed by atoms with Crippen LogP contribution in [0.4, 0.5) is 0 Å². The van der Waals surface area contributed by atoms with Crippen LogP contribution in [-0.2, 0) is 19.7 Å². The molecule has 2 aliphatic carbocycles. The van der Waals surface area contributed by atoms with Crippen molar-refractivity contribution in [3.05, 3.63) is 114 Å². The van der Waals surface area contributed by atoms with Gasteiger partial charge in [-0.05, 0) is 65.8 Å². The highest BCUT2D eigenvalue weighted by atomic mass is 16.6. The van der Waals surface area contributed by atoms with Crippen LogP contribution in [0.25, 0.3) is 38.1 Å². The minimum Gasteiger partial charge on any atom is -0.507 e. The molecule has 3 heterocycles. The number of esters is 2. The molecule has 11 heteroatoms. The van der Waals surface area contributed by atoms with Crippen molar-refractivity contribution >= 4 is 50.2 Å². The van der Waals surface area contributed by atoms with Gasteiger partial charge in [0.25, 0.3) is 0 Å². The standard InChI is InChI=1S/C37H24N2O9/c1-14-8-21(41)26-25-19(12-39(35(26)45)18-10-17-6-4-5-7-20(17)38-11-18)32(43)31-28(23(14)25)29-33(44)24-15(2)9-22(42)27-30(24)37(31,13-47-36(27)46)34(29)48-16(3)40/h4-12,29,34,42,45H,13H2,1-3H3/t29-,34-,37-/m0/s1. The van der Waals surface area contributed by atoms with E-state index in [2.05, 4.69) is 4.98 Å². The van der Waals surface area contributed by atoms with Crippen molar-refractivity contribution in [2.45, 2.75) is 38.2 Å². The van der Waals surface area contributed by atoms with Crippen LogP contribution in [0.3, 0.4) is 0 Å². The van der Waals surface area contributed by atoms with Crippen molar-refractivity contribution in [2.75, 3.05) is 6.61 Å². The largest absolute Gasteiger partial charge is 0.507 e. The summed E-state index contributed by atoms with van der Waals surface area (Å²) in [6.07, 6.45) is 1.64. The summed E-state index contributed by atoms with van der Waals surface area (Å²) in [4.78, 5) is 73.8. The van der Waals surface area contributed by atoms with Gasteiger partial charge >= 0.3 is 11.9 Å². The number of phenols is 1. The molecule has 9 rings (SSSR count). The van der Waals surface area contributed by atoms with E-state index in [9.17, 15) is 29.4 Å². The second-order valence-electron chi connectivity index (χ2n) is 12.8. The van der Waals surface area contributed by atoms with Gasteiger partial charge in [0.05, 0.1) is 34.1 Å². The number of ether oxygens (including phenoxy) is 2. The van der Waals surface area contributed by atoms with Gasteiger partial charge in [-0.15, -0.1) is 0 Å². The Kier molecular flexibility index (Phi) is 5.30. The lowest BCUT2D eigenvalue weighted by molar-refractivity contribution is -0.150. The first kappa shape index (κ1) is 28.1. The molecule has 2 N–H and O–H groups in total. The number of hydrogen-bond donors (Lipinski definition) is 2. The molecular formula is C37H24N2O9. The van der Waals surface area contributed by atoms with Crippen molar-refractivity contribution in [1.82, 2.24) is 9.55 Å². The predicted molar refractivity (Wildman–Crippen MR) is 173 cm³/mol. The number of hydrogen-bond acceptors (Lipinski definition) is 10. The van der Waals surface area contributed by atoms with Gasteiger partial charge in [-0.3, -0.25) is 28.7 Å². The third-order valence-corrected chi connectivity index (χ3v) is 10.3. The number of aromatic nitrogens is 2. The van der Waals surface area contributed by atoms with E-state index in [0.717, 1.165) is 5.39 Å². The Bertz CT molecular complexity index is 2680. The Morgan fingerprint density at radius 1 is 0.979 bits per heavy atom. The maximum absolute atomic E-state index is 15.1. The molecule has 48 heavy (non-hydrogen) atoms. The molecule has 0 fully saturated rings. The molecule has 2 aromatic heterocycles. The topological polar surface area (TPSA) is 162 Å². The summed E-state index contributed by atoms with van der Waals surface area (Å²) >= 11 is 0. The van der Waals surface area contributed by atoms with Crippen LogP contribution in [0.1, 0.15) is 61.4 Å². The highest BCUT2D eigenvalue weighted by molar-refractivity contribution is 6.19. The van der Waals surface area contributed by atoms with Crippen molar-refractivity contribution in [3.8, 4) is 17.3 Å². The van der Waals surface area contributed by atoms with Gasteiger partial charge in [0.2, 0.25) is 5.88 Å². The van der Waals surface area contributed by atoms with Gasteiger partial charge in [0.15, 0.2) is 16.6 Å². The van der Waals surface area contributed by atoms with Crippen molar-refractivity contribution in [2.24, 2.45) is 0 Å². The second-order valence-corrected chi connectivity index (χ2v) is 12.8. The average molecular weight is 641 g/mol. The maximum Gasteiger partial charge on any atom is 0.342 e.